The number of thiazole rings is 1. The number of esters is 4. The Morgan fingerprint density at radius 3 is 2.20 bits per heavy atom. The molecular formula is C27H27NO12S. The number of hydrogen-bond donors (Lipinski definition) is 0. The quantitative estimate of drug-likeness (QED) is 0.278. The molecule has 0 spiro atoms. The maximum Gasteiger partial charge on any atom is 0.303 e. The molecule has 218 valence electrons. The van der Waals surface area contributed by atoms with Gasteiger partial charge in [0.05, 0.1) is 10.9 Å². The van der Waals surface area contributed by atoms with Crippen LogP contribution in [-0.4, -0.2) is 66.2 Å². The second-order valence-corrected chi connectivity index (χ2v) is 9.97. The summed E-state index contributed by atoms with van der Waals surface area (Å²) in [5.74, 6) is -2.79. The summed E-state index contributed by atoms with van der Waals surface area (Å²) < 4.78 is 38.9. The number of aryl methyl sites for hydroxylation is 1. The van der Waals surface area contributed by atoms with Crippen molar-refractivity contribution in [1.29, 1.82) is 0 Å². The topological polar surface area (TPSA) is 167 Å². The van der Waals surface area contributed by atoms with E-state index in [0.717, 1.165) is 26.5 Å². The highest BCUT2D eigenvalue weighted by Gasteiger charge is 2.53. The molecule has 0 unspecified atom stereocenters. The first-order chi connectivity index (χ1) is 19.4. The van der Waals surface area contributed by atoms with Gasteiger partial charge in [-0.1, -0.05) is 0 Å². The molecule has 0 N–H and O–H groups in total. The zero-order valence-electron chi connectivity index (χ0n) is 22.7. The molecule has 0 bridgehead atoms. The predicted molar refractivity (Wildman–Crippen MR) is 141 cm³/mol. The Balaban J connectivity index is 1.70. The molecule has 1 aromatic carbocycles. The number of benzene rings is 1. The SMILES string of the molecule is CC(=O)OC[C@@H]1O[C@@H](Oc2ccc3c(=O)c(-c4nc(C)cs4)coc3c2)[C@H](OC(C)=O)[C@H](OC(C)=O)[C@@H]1OC(C)=O. The maximum atomic E-state index is 13.1. The zero-order chi connectivity index (χ0) is 29.8. The molecule has 0 amide bonds. The smallest absolute Gasteiger partial charge is 0.303 e. The van der Waals surface area contributed by atoms with Crippen LogP contribution in [0.5, 0.6) is 5.75 Å². The number of nitrogens with zero attached hydrogens (tertiary/aromatic N) is 1. The predicted octanol–water partition coefficient (Wildman–Crippen LogP) is 2.69. The van der Waals surface area contributed by atoms with Crippen LogP contribution in [-0.2, 0) is 42.9 Å². The molecule has 1 aliphatic rings. The Hall–Kier alpha value is -4.30. The molecule has 1 aliphatic heterocycles. The molecule has 1 saturated heterocycles. The molecular weight excluding hydrogens is 562 g/mol. The number of fused-ring (bicyclic) bond motifs is 1. The minimum atomic E-state index is -1.43. The van der Waals surface area contributed by atoms with Crippen LogP contribution in [0.4, 0.5) is 0 Å². The highest BCUT2D eigenvalue weighted by molar-refractivity contribution is 7.13. The third kappa shape index (κ3) is 7.08. The molecule has 5 atom stereocenters. The molecule has 4 rings (SSSR count). The maximum absolute atomic E-state index is 13.1. The van der Waals surface area contributed by atoms with Crippen molar-refractivity contribution in [3.05, 3.63) is 45.8 Å². The Bertz CT molecular complexity index is 1530. The fourth-order valence-electron chi connectivity index (χ4n) is 4.22. The summed E-state index contributed by atoms with van der Waals surface area (Å²) in [4.78, 5) is 64.9. The molecule has 0 saturated carbocycles. The van der Waals surface area contributed by atoms with Crippen molar-refractivity contribution in [3.8, 4) is 16.3 Å². The Morgan fingerprint density at radius 1 is 0.927 bits per heavy atom. The number of aromatic nitrogens is 1. The van der Waals surface area contributed by atoms with E-state index < -0.39 is 61.2 Å². The average Bonchev–Trinajstić information content (AvgIpc) is 3.31. The van der Waals surface area contributed by atoms with Crippen LogP contribution in [0.15, 0.2) is 39.1 Å². The van der Waals surface area contributed by atoms with E-state index in [2.05, 4.69) is 4.98 Å². The molecule has 13 nitrogen and oxygen atoms in total. The number of carbonyl (C=O) groups is 4. The summed E-state index contributed by atoms with van der Waals surface area (Å²) in [6, 6.07) is 4.40. The first kappa shape index (κ1) is 29.7. The van der Waals surface area contributed by atoms with Crippen molar-refractivity contribution in [1.82, 2.24) is 4.98 Å². The van der Waals surface area contributed by atoms with Crippen molar-refractivity contribution >= 4 is 46.2 Å². The number of carbonyl (C=O) groups excluding carboxylic acids is 4. The Morgan fingerprint density at radius 2 is 1.59 bits per heavy atom. The van der Waals surface area contributed by atoms with Gasteiger partial charge >= 0.3 is 23.9 Å². The van der Waals surface area contributed by atoms with Gasteiger partial charge in [0.1, 0.15) is 35.3 Å². The molecule has 1 fully saturated rings. The summed E-state index contributed by atoms with van der Waals surface area (Å²) >= 11 is 1.32. The monoisotopic (exact) mass is 589 g/mol. The van der Waals surface area contributed by atoms with Crippen LogP contribution < -0.4 is 10.2 Å². The highest BCUT2D eigenvalue weighted by atomic mass is 32.1. The van der Waals surface area contributed by atoms with Gasteiger partial charge < -0.3 is 32.8 Å². The van der Waals surface area contributed by atoms with E-state index >= 15 is 0 Å². The van der Waals surface area contributed by atoms with Gasteiger partial charge in [0.25, 0.3) is 0 Å². The van der Waals surface area contributed by atoms with E-state index in [-0.39, 0.29) is 22.1 Å². The standard InChI is InChI=1S/C27H27NO12S/c1-12-11-41-26(28-12)19-9-35-20-8-17(6-7-18(20)22(19)33)39-27-25(38-16(5)32)24(37-15(4)31)23(36-14(3)30)21(40-27)10-34-13(2)29/h6-9,11,21,23-25,27H,10H2,1-5H3/t21-,23+,24+,25+,27+/m0/s1. The van der Waals surface area contributed by atoms with Crippen LogP contribution in [0.25, 0.3) is 21.5 Å². The van der Waals surface area contributed by atoms with Crippen LogP contribution in [0.3, 0.4) is 0 Å². The third-order valence-corrected chi connectivity index (χ3v) is 6.79. The minimum absolute atomic E-state index is 0.138. The summed E-state index contributed by atoms with van der Waals surface area (Å²) in [6.45, 7) is 5.96. The van der Waals surface area contributed by atoms with Gasteiger partial charge in [-0.25, -0.2) is 4.98 Å². The second kappa shape index (κ2) is 12.5. The van der Waals surface area contributed by atoms with Crippen LogP contribution in [0.2, 0.25) is 0 Å². The summed E-state index contributed by atoms with van der Waals surface area (Å²) in [6.07, 6.45) is -5.41. The van der Waals surface area contributed by atoms with Crippen molar-refractivity contribution in [2.24, 2.45) is 0 Å². The molecule has 0 aliphatic carbocycles. The van der Waals surface area contributed by atoms with Gasteiger partial charge in [0, 0.05) is 44.8 Å². The van der Waals surface area contributed by atoms with Gasteiger partial charge in [0.15, 0.2) is 12.2 Å². The first-order valence-corrected chi connectivity index (χ1v) is 13.3. The fraction of sp³-hybridized carbons (Fsp3) is 0.407. The van der Waals surface area contributed by atoms with Gasteiger partial charge in [0.2, 0.25) is 17.8 Å². The lowest BCUT2D eigenvalue weighted by atomic mass is 9.98. The molecule has 14 heteroatoms. The largest absolute Gasteiger partial charge is 0.463 e. The van der Waals surface area contributed by atoms with E-state index in [9.17, 15) is 24.0 Å². The lowest BCUT2D eigenvalue weighted by Crippen LogP contribution is -2.63. The normalized spacial score (nSPS) is 22.0. The second-order valence-electron chi connectivity index (χ2n) is 9.12. The molecule has 41 heavy (non-hydrogen) atoms. The van der Waals surface area contributed by atoms with Gasteiger partial charge in [-0.3, -0.25) is 24.0 Å². The van der Waals surface area contributed by atoms with Crippen LogP contribution in [0.1, 0.15) is 33.4 Å². The first-order valence-electron chi connectivity index (χ1n) is 12.4. The Labute approximate surface area is 237 Å². The summed E-state index contributed by atoms with van der Waals surface area (Å²) in [5, 5.41) is 2.61. The van der Waals surface area contributed by atoms with Crippen molar-refractivity contribution in [2.45, 2.75) is 65.3 Å². The Kier molecular flexibility index (Phi) is 9.03. The summed E-state index contributed by atoms with van der Waals surface area (Å²) in [5.41, 5.74) is 0.983. The van der Waals surface area contributed by atoms with Crippen LogP contribution >= 0.6 is 11.3 Å². The van der Waals surface area contributed by atoms with Gasteiger partial charge in [-0.05, 0) is 19.1 Å². The van der Waals surface area contributed by atoms with Gasteiger partial charge in [-0.2, -0.15) is 0 Å². The molecule has 3 heterocycles. The van der Waals surface area contributed by atoms with E-state index in [1.165, 1.54) is 42.7 Å². The van der Waals surface area contributed by atoms with E-state index in [4.69, 9.17) is 32.8 Å². The minimum Gasteiger partial charge on any atom is -0.463 e. The van der Waals surface area contributed by atoms with E-state index in [1.807, 2.05) is 12.3 Å². The lowest BCUT2D eigenvalue weighted by Gasteiger charge is -2.43. The number of hydrogen-bond acceptors (Lipinski definition) is 14. The summed E-state index contributed by atoms with van der Waals surface area (Å²) in [7, 11) is 0. The van der Waals surface area contributed by atoms with Crippen LogP contribution in [0, 0.1) is 6.92 Å². The third-order valence-electron chi connectivity index (χ3n) is 5.80. The zero-order valence-corrected chi connectivity index (χ0v) is 23.6. The van der Waals surface area contributed by atoms with Gasteiger partial charge in [-0.15, -0.1) is 11.3 Å². The molecule has 3 aromatic rings. The number of ether oxygens (including phenoxy) is 6. The van der Waals surface area contributed by atoms with Crippen molar-refractivity contribution in [3.63, 3.8) is 0 Å². The fourth-order valence-corrected chi connectivity index (χ4v) is 5.02. The van der Waals surface area contributed by atoms with E-state index in [0.29, 0.717) is 10.6 Å². The van der Waals surface area contributed by atoms with Crippen molar-refractivity contribution < 1.29 is 52.0 Å². The highest BCUT2D eigenvalue weighted by Crippen LogP contribution is 2.32. The lowest BCUT2D eigenvalue weighted by molar-refractivity contribution is -0.288. The average molecular weight is 590 g/mol. The van der Waals surface area contributed by atoms with Crippen molar-refractivity contribution in [2.75, 3.05) is 6.61 Å². The number of rotatable bonds is 8. The molecule has 2 aromatic heterocycles. The van der Waals surface area contributed by atoms with E-state index in [1.54, 1.807) is 0 Å². The molecule has 0 radical (unpaired) electrons.